The maximum Gasteiger partial charge on any atom is 0.123 e. The summed E-state index contributed by atoms with van der Waals surface area (Å²) in [5.74, 6) is -0.226. The van der Waals surface area contributed by atoms with Crippen molar-refractivity contribution in [1.29, 1.82) is 0 Å². The van der Waals surface area contributed by atoms with Crippen LogP contribution >= 0.6 is 0 Å². The number of aryl methyl sites for hydroxylation is 1. The Morgan fingerprint density at radius 3 is 2.44 bits per heavy atom. The molecule has 0 radical (unpaired) electrons. The second-order valence-electron chi connectivity index (χ2n) is 7.05. The number of aromatic hydroxyl groups is 2. The van der Waals surface area contributed by atoms with E-state index in [-0.39, 0.29) is 29.9 Å². The van der Waals surface area contributed by atoms with Crippen LogP contribution in [0.3, 0.4) is 0 Å². The van der Waals surface area contributed by atoms with Crippen molar-refractivity contribution in [2.24, 2.45) is 5.92 Å². The number of aliphatic hydroxyl groups excluding tert-OH is 2. The molecule has 0 amide bonds. The Morgan fingerprint density at radius 1 is 1.20 bits per heavy atom. The highest BCUT2D eigenvalue weighted by Crippen LogP contribution is 2.46. The van der Waals surface area contributed by atoms with Gasteiger partial charge in [-0.2, -0.15) is 0 Å². The lowest BCUT2D eigenvalue weighted by molar-refractivity contribution is 0.289. The van der Waals surface area contributed by atoms with Gasteiger partial charge in [-0.05, 0) is 61.8 Å². The molecular weight excluding hydrogens is 316 g/mol. The van der Waals surface area contributed by atoms with E-state index < -0.39 is 0 Å². The highest BCUT2D eigenvalue weighted by atomic mass is 16.3. The van der Waals surface area contributed by atoms with Crippen LogP contribution in [0.1, 0.15) is 63.0 Å². The molecule has 1 aliphatic carbocycles. The van der Waals surface area contributed by atoms with Gasteiger partial charge in [0.2, 0.25) is 0 Å². The van der Waals surface area contributed by atoms with Gasteiger partial charge in [-0.1, -0.05) is 31.4 Å². The minimum Gasteiger partial charge on any atom is -0.516 e. The molecule has 0 saturated carbocycles. The lowest BCUT2D eigenvalue weighted by Gasteiger charge is -2.32. The monoisotopic (exact) mass is 346 g/mol. The van der Waals surface area contributed by atoms with Crippen molar-refractivity contribution in [3.63, 3.8) is 0 Å². The van der Waals surface area contributed by atoms with Crippen LogP contribution < -0.4 is 0 Å². The number of unbranched alkanes of at least 4 members (excludes halogenated alkanes) is 2. The first-order valence-corrected chi connectivity index (χ1v) is 9.17. The largest absolute Gasteiger partial charge is 0.516 e. The molecule has 4 N–H and O–H groups in total. The van der Waals surface area contributed by atoms with Crippen LogP contribution in [-0.4, -0.2) is 27.0 Å². The van der Waals surface area contributed by atoms with Crippen LogP contribution in [0.2, 0.25) is 0 Å². The summed E-state index contributed by atoms with van der Waals surface area (Å²) < 4.78 is 0. The van der Waals surface area contributed by atoms with Gasteiger partial charge in [0.25, 0.3) is 0 Å². The Labute approximate surface area is 150 Å². The lowest BCUT2D eigenvalue weighted by Crippen LogP contribution is -2.20. The molecule has 0 fully saturated rings. The fourth-order valence-corrected chi connectivity index (χ4v) is 3.77. The number of hydrogen-bond acceptors (Lipinski definition) is 4. The van der Waals surface area contributed by atoms with E-state index in [1.54, 1.807) is 12.1 Å². The predicted octanol–water partition coefficient (Wildman–Crippen LogP) is 4.70. The Balaban J connectivity index is 2.38. The molecule has 1 aromatic carbocycles. The van der Waals surface area contributed by atoms with Crippen LogP contribution in [-0.2, 0) is 6.42 Å². The third kappa shape index (κ3) is 4.57. The molecule has 0 aliphatic heterocycles. The van der Waals surface area contributed by atoms with Gasteiger partial charge < -0.3 is 20.4 Å². The molecule has 0 unspecified atom stereocenters. The van der Waals surface area contributed by atoms with Crippen LogP contribution in [0.25, 0.3) is 0 Å². The number of hydrogen-bond donors (Lipinski definition) is 4. The van der Waals surface area contributed by atoms with E-state index in [2.05, 4.69) is 6.92 Å². The van der Waals surface area contributed by atoms with E-state index in [4.69, 9.17) is 0 Å². The van der Waals surface area contributed by atoms with Gasteiger partial charge in [-0.15, -0.1) is 0 Å². The predicted molar refractivity (Wildman–Crippen MR) is 100 cm³/mol. The van der Waals surface area contributed by atoms with E-state index in [0.717, 1.165) is 50.4 Å². The second kappa shape index (κ2) is 8.95. The molecule has 1 aromatic rings. The summed E-state index contributed by atoms with van der Waals surface area (Å²) in [5, 5.41) is 40.1. The van der Waals surface area contributed by atoms with E-state index in [1.807, 2.05) is 13.0 Å². The summed E-state index contributed by atoms with van der Waals surface area (Å²) in [6, 6.07) is 3.47. The Kier molecular flexibility index (Phi) is 6.94. The fraction of sp³-hybridized carbons (Fsp3) is 0.524. The number of allylic oxidation sites excluding steroid dienone is 2. The summed E-state index contributed by atoms with van der Waals surface area (Å²) in [6.07, 6.45) is 8.72. The van der Waals surface area contributed by atoms with Crippen molar-refractivity contribution < 1.29 is 20.4 Å². The zero-order valence-corrected chi connectivity index (χ0v) is 15.2. The standard InChI is InChI=1S/C21H30O4/c1-3-4-5-6-15-10-19(24)21(20(25)11-15)18-9-14(2)7-8-17(18)16(12-22)13-23/h9-12,17-18,22-25H,3-8,13H2,1-2H3/t17-,18+/m1/s1. The summed E-state index contributed by atoms with van der Waals surface area (Å²) in [4.78, 5) is 0. The number of rotatable bonds is 7. The molecule has 4 heteroatoms. The highest BCUT2D eigenvalue weighted by molar-refractivity contribution is 5.52. The fourth-order valence-electron chi connectivity index (χ4n) is 3.77. The van der Waals surface area contributed by atoms with Crippen molar-refractivity contribution >= 4 is 0 Å². The molecule has 0 saturated heterocycles. The SMILES string of the molecule is CCCCCc1cc(O)c([C@H]2C=C(C)CC[C@@H]2C(=CO)CO)c(O)c1. The molecule has 1 aliphatic rings. The van der Waals surface area contributed by atoms with E-state index in [9.17, 15) is 20.4 Å². The quantitative estimate of drug-likeness (QED) is 0.327. The minimum atomic E-state index is -0.260. The first-order chi connectivity index (χ1) is 12.0. The molecule has 138 valence electrons. The number of benzene rings is 1. The van der Waals surface area contributed by atoms with E-state index in [1.165, 1.54) is 5.57 Å². The zero-order chi connectivity index (χ0) is 18.4. The average molecular weight is 346 g/mol. The van der Waals surface area contributed by atoms with Crippen molar-refractivity contribution in [1.82, 2.24) is 0 Å². The zero-order valence-electron chi connectivity index (χ0n) is 15.2. The van der Waals surface area contributed by atoms with Gasteiger partial charge in [-0.25, -0.2) is 0 Å². The van der Waals surface area contributed by atoms with Crippen LogP contribution in [0, 0.1) is 5.92 Å². The number of aliphatic hydroxyl groups is 2. The smallest absolute Gasteiger partial charge is 0.123 e. The van der Waals surface area contributed by atoms with E-state index in [0.29, 0.717) is 11.1 Å². The van der Waals surface area contributed by atoms with Crippen molar-refractivity contribution in [2.45, 2.75) is 58.3 Å². The highest BCUT2D eigenvalue weighted by Gasteiger charge is 2.31. The molecule has 0 heterocycles. The minimum absolute atomic E-state index is 0.0858. The normalized spacial score (nSPS) is 21.2. The van der Waals surface area contributed by atoms with Crippen LogP contribution in [0.4, 0.5) is 0 Å². The van der Waals surface area contributed by atoms with E-state index >= 15 is 0 Å². The van der Waals surface area contributed by atoms with Crippen LogP contribution in [0.5, 0.6) is 11.5 Å². The first kappa shape index (κ1) is 19.4. The van der Waals surface area contributed by atoms with Gasteiger partial charge in [0.15, 0.2) is 0 Å². The van der Waals surface area contributed by atoms with Gasteiger partial charge in [-0.3, -0.25) is 0 Å². The third-order valence-electron chi connectivity index (χ3n) is 5.17. The van der Waals surface area contributed by atoms with Gasteiger partial charge in [0, 0.05) is 11.5 Å². The maximum atomic E-state index is 10.6. The molecule has 0 bridgehead atoms. The summed E-state index contributed by atoms with van der Waals surface area (Å²) in [5.41, 5.74) is 3.12. The lowest BCUT2D eigenvalue weighted by atomic mass is 9.73. The third-order valence-corrected chi connectivity index (χ3v) is 5.17. The topological polar surface area (TPSA) is 80.9 Å². The van der Waals surface area contributed by atoms with Gasteiger partial charge in [0.1, 0.15) is 11.5 Å². The molecule has 2 atom stereocenters. The summed E-state index contributed by atoms with van der Waals surface area (Å²) in [6.45, 7) is 3.93. The van der Waals surface area contributed by atoms with Gasteiger partial charge >= 0.3 is 0 Å². The molecule has 25 heavy (non-hydrogen) atoms. The summed E-state index contributed by atoms with van der Waals surface area (Å²) >= 11 is 0. The summed E-state index contributed by atoms with van der Waals surface area (Å²) in [7, 11) is 0. The Hall–Kier alpha value is -1.94. The molecular formula is C21H30O4. The number of phenols is 2. The first-order valence-electron chi connectivity index (χ1n) is 9.17. The van der Waals surface area contributed by atoms with Crippen molar-refractivity contribution in [3.05, 3.63) is 46.7 Å². The Bertz CT molecular complexity index is 622. The molecule has 0 aromatic heterocycles. The Morgan fingerprint density at radius 2 is 1.88 bits per heavy atom. The number of phenolic OH excluding ortho intramolecular Hbond substituents is 2. The molecule has 0 spiro atoms. The average Bonchev–Trinajstić information content (AvgIpc) is 2.57. The van der Waals surface area contributed by atoms with Crippen LogP contribution in [0.15, 0.2) is 35.6 Å². The van der Waals surface area contributed by atoms with Crippen molar-refractivity contribution in [2.75, 3.05) is 6.61 Å². The van der Waals surface area contributed by atoms with Crippen molar-refractivity contribution in [3.8, 4) is 11.5 Å². The second-order valence-corrected chi connectivity index (χ2v) is 7.05. The molecule has 4 nitrogen and oxygen atoms in total. The van der Waals surface area contributed by atoms with Gasteiger partial charge in [0.05, 0.1) is 12.9 Å². The maximum absolute atomic E-state index is 10.6. The molecule has 2 rings (SSSR count).